The molecule has 7 atom stereocenters. The van der Waals surface area contributed by atoms with Crippen LogP contribution in [-0.2, 0) is 9.47 Å². The first-order valence-electron chi connectivity index (χ1n) is 10.5. The van der Waals surface area contributed by atoms with Gasteiger partial charge in [-0.2, -0.15) is 0 Å². The van der Waals surface area contributed by atoms with Gasteiger partial charge in [-0.05, 0) is 6.92 Å². The van der Waals surface area contributed by atoms with E-state index in [1.165, 1.54) is 23.0 Å². The van der Waals surface area contributed by atoms with Gasteiger partial charge >= 0.3 is 11.4 Å². The molecule has 0 spiro atoms. The highest BCUT2D eigenvalue weighted by atomic mass is 16.5. The van der Waals surface area contributed by atoms with Crippen molar-refractivity contribution in [2.45, 2.75) is 62.9 Å². The summed E-state index contributed by atoms with van der Waals surface area (Å²) in [5, 5.41) is 28.4. The second-order valence-electron chi connectivity index (χ2n) is 8.01. The van der Waals surface area contributed by atoms with Crippen LogP contribution in [0.3, 0.4) is 0 Å². The third-order valence-corrected chi connectivity index (χ3v) is 5.53. The number of aryl methyl sites for hydroxylation is 1. The highest BCUT2D eigenvalue weighted by Gasteiger charge is 2.38. The molecule has 0 aliphatic carbocycles. The Hall–Kier alpha value is -2.92. The Kier molecular flexibility index (Phi) is 7.98. The number of aliphatic hydroxyl groups is 3. The van der Waals surface area contributed by atoms with Gasteiger partial charge in [0.25, 0.3) is 11.1 Å². The molecule has 0 radical (unpaired) electrons. The van der Waals surface area contributed by atoms with E-state index >= 15 is 0 Å². The van der Waals surface area contributed by atoms with Crippen LogP contribution in [0.4, 0.5) is 0 Å². The van der Waals surface area contributed by atoms with Crippen LogP contribution >= 0.6 is 0 Å². The molecule has 1 unspecified atom stereocenters. The summed E-state index contributed by atoms with van der Waals surface area (Å²) in [7, 11) is 0. The van der Waals surface area contributed by atoms with E-state index in [-0.39, 0.29) is 19.4 Å². The van der Waals surface area contributed by atoms with E-state index in [0.717, 1.165) is 4.57 Å². The summed E-state index contributed by atoms with van der Waals surface area (Å²) in [5.41, 5.74) is 8.94. The molecular formula is C19H28N6O9. The first-order valence-corrected chi connectivity index (χ1v) is 10.5. The lowest BCUT2D eigenvalue weighted by Crippen LogP contribution is -2.40. The van der Waals surface area contributed by atoms with Crippen LogP contribution < -0.4 is 34.0 Å². The molecule has 0 aromatic carbocycles. The molecule has 0 bridgehead atoms. The Morgan fingerprint density at radius 1 is 1.06 bits per heavy atom. The molecule has 15 nitrogen and oxygen atoms in total. The minimum absolute atomic E-state index is 0.116. The number of aliphatic hydroxyl groups excluding tert-OH is 3. The molecule has 2 aliphatic heterocycles. The molecule has 2 aliphatic rings. The van der Waals surface area contributed by atoms with Crippen LogP contribution in [0, 0.1) is 6.92 Å². The number of hydrogen-bond donors (Lipinski definition) is 7. The normalized spacial score (nSPS) is 29.5. The molecule has 4 heterocycles. The average Bonchev–Trinajstić information content (AvgIpc) is 3.33. The Bertz CT molecular complexity index is 1220. The minimum Gasteiger partial charge on any atom is -0.390 e. The molecule has 0 amide bonds. The standard InChI is InChI=1S/C10H15N3O4.C9H13N3O5/c1-5-4-13(10(16)12-9(5)15)8-2-6(14)7(3-11)17-8;10-8(15)7-4(13)3-6(17-7)12-2-1-5(14)11-9(12)16/h4,6-8,14H,2-3,11H2,1H3,(H,12,15,16);1-2,4,6-8,13,15H,3,10H2,(H,11,14,16)/t6-,7+,8+;4-,6+,7-,8?/m00/s1. The fourth-order valence-corrected chi connectivity index (χ4v) is 3.71. The van der Waals surface area contributed by atoms with Crippen LogP contribution in [-0.4, -0.2) is 71.6 Å². The number of H-pyrrole nitrogens is 2. The molecule has 34 heavy (non-hydrogen) atoms. The minimum atomic E-state index is -1.33. The van der Waals surface area contributed by atoms with Gasteiger partial charge in [0.1, 0.15) is 24.8 Å². The first-order chi connectivity index (χ1) is 16.0. The number of hydrogen-bond acceptors (Lipinski definition) is 11. The van der Waals surface area contributed by atoms with Gasteiger partial charge in [0, 0.05) is 43.4 Å². The Labute approximate surface area is 191 Å². The van der Waals surface area contributed by atoms with Crippen LogP contribution in [0.5, 0.6) is 0 Å². The molecule has 2 fully saturated rings. The van der Waals surface area contributed by atoms with Crippen molar-refractivity contribution in [3.05, 3.63) is 65.7 Å². The van der Waals surface area contributed by atoms with Gasteiger partial charge in [-0.15, -0.1) is 0 Å². The number of aromatic amines is 2. The van der Waals surface area contributed by atoms with Crippen molar-refractivity contribution < 1.29 is 24.8 Å². The molecule has 2 aromatic rings. The largest absolute Gasteiger partial charge is 0.390 e. The summed E-state index contributed by atoms with van der Waals surface area (Å²) in [5.74, 6) is 0. The molecule has 4 rings (SSSR count). The summed E-state index contributed by atoms with van der Waals surface area (Å²) in [6.45, 7) is 1.79. The summed E-state index contributed by atoms with van der Waals surface area (Å²) in [6.07, 6.45) is -2.63. The van der Waals surface area contributed by atoms with E-state index in [9.17, 15) is 29.4 Å². The van der Waals surface area contributed by atoms with Gasteiger partial charge in [0.05, 0.1) is 18.3 Å². The second kappa shape index (κ2) is 10.6. The van der Waals surface area contributed by atoms with Crippen LogP contribution in [0.25, 0.3) is 0 Å². The maximum absolute atomic E-state index is 11.6. The number of nitrogens with one attached hydrogen (secondary N) is 2. The lowest BCUT2D eigenvalue weighted by Gasteiger charge is -2.17. The number of nitrogens with two attached hydrogens (primary N) is 2. The van der Waals surface area contributed by atoms with E-state index in [1.807, 2.05) is 0 Å². The fraction of sp³-hybridized carbons (Fsp3) is 0.579. The number of ether oxygens (including phenoxy) is 2. The monoisotopic (exact) mass is 484 g/mol. The van der Waals surface area contributed by atoms with Crippen LogP contribution in [0.15, 0.2) is 37.6 Å². The molecule has 15 heteroatoms. The Balaban J connectivity index is 0.000000191. The van der Waals surface area contributed by atoms with Crippen LogP contribution in [0.2, 0.25) is 0 Å². The topological polar surface area (TPSA) is 241 Å². The maximum atomic E-state index is 11.6. The van der Waals surface area contributed by atoms with Crippen molar-refractivity contribution in [3.63, 3.8) is 0 Å². The second-order valence-corrected chi connectivity index (χ2v) is 8.01. The van der Waals surface area contributed by atoms with Crippen LogP contribution in [0.1, 0.15) is 30.9 Å². The predicted octanol–water partition coefficient (Wildman–Crippen LogP) is -4.09. The lowest BCUT2D eigenvalue weighted by molar-refractivity contribution is -0.0809. The van der Waals surface area contributed by atoms with E-state index in [1.54, 1.807) is 6.92 Å². The molecular weight excluding hydrogens is 456 g/mol. The van der Waals surface area contributed by atoms with Gasteiger partial charge in [0.2, 0.25) is 0 Å². The Morgan fingerprint density at radius 3 is 2.24 bits per heavy atom. The van der Waals surface area contributed by atoms with E-state index in [2.05, 4.69) is 9.97 Å². The number of aromatic nitrogens is 4. The number of nitrogens with zero attached hydrogens (tertiary/aromatic N) is 2. The quantitative estimate of drug-likeness (QED) is 0.206. The molecule has 2 saturated heterocycles. The first kappa shape index (κ1) is 25.7. The highest BCUT2D eigenvalue weighted by Crippen LogP contribution is 2.28. The summed E-state index contributed by atoms with van der Waals surface area (Å²) < 4.78 is 13.1. The van der Waals surface area contributed by atoms with Gasteiger partial charge in [0.15, 0.2) is 0 Å². The maximum Gasteiger partial charge on any atom is 0.330 e. The van der Waals surface area contributed by atoms with Crippen molar-refractivity contribution in [2.24, 2.45) is 11.5 Å². The Morgan fingerprint density at radius 2 is 1.68 bits per heavy atom. The zero-order valence-corrected chi connectivity index (χ0v) is 18.2. The SMILES string of the molecule is Cc1cn([C@H]2C[C@H](O)[C@@H](CN)O2)c(=O)[nH]c1=O.NC(O)[C@H]1O[C@@H](n2ccc(=O)[nH]c2=O)C[C@@H]1O. The highest BCUT2D eigenvalue weighted by molar-refractivity contribution is 5.02. The third kappa shape index (κ3) is 5.58. The molecule has 188 valence electrons. The molecule has 0 saturated carbocycles. The van der Waals surface area contributed by atoms with Gasteiger partial charge in [-0.3, -0.25) is 28.7 Å². The summed E-state index contributed by atoms with van der Waals surface area (Å²) in [4.78, 5) is 49.4. The fourth-order valence-electron chi connectivity index (χ4n) is 3.71. The smallest absolute Gasteiger partial charge is 0.330 e. The van der Waals surface area contributed by atoms with Crippen molar-refractivity contribution in [1.82, 2.24) is 19.1 Å². The zero-order chi connectivity index (χ0) is 25.2. The third-order valence-electron chi connectivity index (χ3n) is 5.53. The average molecular weight is 484 g/mol. The predicted molar refractivity (Wildman–Crippen MR) is 116 cm³/mol. The van der Waals surface area contributed by atoms with E-state index < -0.39 is 65.6 Å². The number of rotatable bonds is 4. The molecule has 2 aromatic heterocycles. The van der Waals surface area contributed by atoms with Gasteiger partial charge in [-0.1, -0.05) is 0 Å². The lowest BCUT2D eigenvalue weighted by atomic mass is 10.1. The summed E-state index contributed by atoms with van der Waals surface area (Å²) >= 11 is 0. The van der Waals surface area contributed by atoms with Crippen molar-refractivity contribution in [3.8, 4) is 0 Å². The van der Waals surface area contributed by atoms with Crippen molar-refractivity contribution >= 4 is 0 Å². The zero-order valence-electron chi connectivity index (χ0n) is 18.2. The van der Waals surface area contributed by atoms with E-state index in [0.29, 0.717) is 5.56 Å². The van der Waals surface area contributed by atoms with Crippen molar-refractivity contribution in [2.75, 3.05) is 6.54 Å². The van der Waals surface area contributed by atoms with Gasteiger partial charge in [-0.25, -0.2) is 9.59 Å². The van der Waals surface area contributed by atoms with Gasteiger partial charge < -0.3 is 36.3 Å². The van der Waals surface area contributed by atoms with E-state index in [4.69, 9.17) is 26.0 Å². The summed E-state index contributed by atoms with van der Waals surface area (Å²) in [6, 6.07) is 1.17. The molecule has 9 N–H and O–H groups in total. The van der Waals surface area contributed by atoms with Crippen molar-refractivity contribution in [1.29, 1.82) is 0 Å².